The predicted molar refractivity (Wildman–Crippen MR) is 65.4 cm³/mol. The van der Waals surface area contributed by atoms with E-state index in [-0.39, 0.29) is 22.2 Å². The minimum absolute atomic E-state index is 0. The van der Waals surface area contributed by atoms with Gasteiger partial charge in [0, 0.05) is 16.8 Å². The molecule has 0 saturated carbocycles. The normalized spacial score (nSPS) is 28.7. The molecule has 1 heteroatoms. The van der Waals surface area contributed by atoms with Crippen molar-refractivity contribution in [2.75, 3.05) is 0 Å². The average Bonchev–Trinajstić information content (AvgIpc) is 2.68. The van der Waals surface area contributed by atoms with Crippen LogP contribution in [0, 0.1) is 11.5 Å². The molecule has 1 radical (unpaired) electrons. The quantitative estimate of drug-likeness (QED) is 0.613. The molecule has 0 spiro atoms. The summed E-state index contributed by atoms with van der Waals surface area (Å²) < 4.78 is 0. The molecule has 2 aliphatic carbocycles. The fourth-order valence-corrected chi connectivity index (χ4v) is 2.73. The van der Waals surface area contributed by atoms with Crippen LogP contribution in [0.5, 0.6) is 0 Å². The summed E-state index contributed by atoms with van der Waals surface area (Å²) in [5.74, 6) is 0. The van der Waals surface area contributed by atoms with Gasteiger partial charge in [-0.2, -0.15) is 11.1 Å². The molecule has 0 heterocycles. The fourth-order valence-electron chi connectivity index (χ4n) is 2.73. The van der Waals surface area contributed by atoms with E-state index in [9.17, 15) is 0 Å². The van der Waals surface area contributed by atoms with Crippen molar-refractivity contribution in [2.45, 2.75) is 41.0 Å². The van der Waals surface area contributed by atoms with E-state index in [4.69, 9.17) is 0 Å². The minimum atomic E-state index is 0. The molecule has 89 valence electrons. The maximum absolute atomic E-state index is 3.65. The summed E-state index contributed by atoms with van der Waals surface area (Å²) in [6, 6.07) is 0. The molecule has 0 fully saturated rings. The van der Waals surface area contributed by atoms with Gasteiger partial charge < -0.3 is 0 Å². The van der Waals surface area contributed by atoms with Crippen molar-refractivity contribution in [3.8, 4) is 0 Å². The van der Waals surface area contributed by atoms with Crippen molar-refractivity contribution in [1.82, 2.24) is 0 Å². The van der Waals surface area contributed by atoms with Gasteiger partial charge in [0.05, 0.1) is 0 Å². The Kier molecular flexibility index (Phi) is 3.71. The Hall–Kier alpha value is -0.534. The van der Waals surface area contributed by atoms with E-state index in [1.54, 1.807) is 0 Å². The van der Waals surface area contributed by atoms with Gasteiger partial charge in [0.15, 0.2) is 0 Å². The van der Waals surface area contributed by atoms with Crippen LogP contribution in [0.25, 0.3) is 0 Å². The standard InChI is InChI=1S/C15H19.Co/c1-10-7-6-8-14(10)15(5)9-11(2)12(3)13(15)4;/h6-7H,8H2,1-5H3;/q-1;. The molecular formula is C15H19Co-. The van der Waals surface area contributed by atoms with E-state index in [1.807, 2.05) is 0 Å². The monoisotopic (exact) mass is 258 g/mol. The number of hydrogen-bond donors (Lipinski definition) is 0. The zero-order valence-corrected chi connectivity index (χ0v) is 11.7. The molecule has 0 aromatic heterocycles. The molecule has 0 N–H and O–H groups in total. The van der Waals surface area contributed by atoms with Gasteiger partial charge in [-0.3, -0.25) is 6.08 Å². The van der Waals surface area contributed by atoms with Crippen LogP contribution in [0.4, 0.5) is 0 Å². The number of allylic oxidation sites excluding steroid dienone is 8. The first-order chi connectivity index (χ1) is 6.97. The van der Waals surface area contributed by atoms with E-state index in [0.29, 0.717) is 0 Å². The largest absolute Gasteiger partial charge is 0.259 e. The summed E-state index contributed by atoms with van der Waals surface area (Å²) >= 11 is 0. The first-order valence-corrected chi connectivity index (χ1v) is 5.63. The van der Waals surface area contributed by atoms with Gasteiger partial charge in [-0.15, -0.1) is 6.92 Å². The second kappa shape index (κ2) is 4.38. The van der Waals surface area contributed by atoms with Crippen molar-refractivity contribution in [2.24, 2.45) is 5.41 Å². The van der Waals surface area contributed by atoms with E-state index in [0.717, 1.165) is 6.42 Å². The van der Waals surface area contributed by atoms with Crippen molar-refractivity contribution in [3.63, 3.8) is 0 Å². The van der Waals surface area contributed by atoms with Gasteiger partial charge in [-0.25, -0.2) is 5.57 Å². The molecule has 0 amide bonds. The topological polar surface area (TPSA) is 0 Å². The van der Waals surface area contributed by atoms with Crippen LogP contribution in [0.2, 0.25) is 0 Å². The minimum Gasteiger partial charge on any atom is -0.259 e. The number of rotatable bonds is 1. The summed E-state index contributed by atoms with van der Waals surface area (Å²) in [5.41, 5.74) is 7.22. The number of hydrogen-bond acceptors (Lipinski definition) is 0. The smallest absolute Gasteiger partial charge is 0 e. The zero-order valence-electron chi connectivity index (χ0n) is 10.7. The molecule has 0 nitrogen and oxygen atoms in total. The van der Waals surface area contributed by atoms with Crippen molar-refractivity contribution >= 4 is 0 Å². The van der Waals surface area contributed by atoms with E-state index in [2.05, 4.69) is 52.8 Å². The Bertz CT molecular complexity index is 432. The van der Waals surface area contributed by atoms with Crippen LogP contribution in [0.15, 0.2) is 40.0 Å². The van der Waals surface area contributed by atoms with Crippen molar-refractivity contribution in [1.29, 1.82) is 0 Å². The van der Waals surface area contributed by atoms with Crippen LogP contribution in [-0.2, 0) is 16.8 Å². The molecule has 0 aliphatic heterocycles. The molecule has 1 unspecified atom stereocenters. The van der Waals surface area contributed by atoms with Gasteiger partial charge in [0.25, 0.3) is 0 Å². The van der Waals surface area contributed by atoms with Gasteiger partial charge in [-0.1, -0.05) is 49.5 Å². The van der Waals surface area contributed by atoms with E-state index >= 15 is 0 Å². The molecule has 2 aliphatic rings. The maximum Gasteiger partial charge on any atom is 0 e. The molecule has 16 heavy (non-hydrogen) atoms. The van der Waals surface area contributed by atoms with Crippen molar-refractivity contribution < 1.29 is 16.8 Å². The fraction of sp³-hybridized carbons (Fsp3) is 0.467. The summed E-state index contributed by atoms with van der Waals surface area (Å²) in [5, 5.41) is 0. The van der Waals surface area contributed by atoms with Crippen LogP contribution >= 0.6 is 0 Å². The van der Waals surface area contributed by atoms with E-state index in [1.165, 1.54) is 27.9 Å². The second-order valence-corrected chi connectivity index (χ2v) is 4.89. The van der Waals surface area contributed by atoms with Crippen LogP contribution in [0.1, 0.15) is 41.0 Å². The second-order valence-electron chi connectivity index (χ2n) is 4.89. The van der Waals surface area contributed by atoms with Gasteiger partial charge in [0.2, 0.25) is 0 Å². The first-order valence-electron chi connectivity index (χ1n) is 5.63. The molecule has 0 aromatic carbocycles. The Morgan fingerprint density at radius 2 is 1.81 bits per heavy atom. The molecule has 1 atom stereocenters. The van der Waals surface area contributed by atoms with Gasteiger partial charge in [0.1, 0.15) is 0 Å². The third-order valence-corrected chi connectivity index (χ3v) is 4.08. The summed E-state index contributed by atoms with van der Waals surface area (Å²) in [4.78, 5) is 0. The molecule has 0 saturated heterocycles. The average molecular weight is 258 g/mol. The van der Waals surface area contributed by atoms with E-state index < -0.39 is 0 Å². The van der Waals surface area contributed by atoms with Gasteiger partial charge >= 0.3 is 0 Å². The maximum atomic E-state index is 3.65. The van der Waals surface area contributed by atoms with Gasteiger partial charge in [-0.05, 0) is 13.3 Å². The third-order valence-electron chi connectivity index (χ3n) is 4.08. The predicted octanol–water partition coefficient (Wildman–Crippen LogP) is 4.37. The molecular weight excluding hydrogens is 239 g/mol. The Morgan fingerprint density at radius 3 is 2.19 bits per heavy atom. The molecule has 0 aromatic rings. The van der Waals surface area contributed by atoms with Crippen LogP contribution in [-0.4, -0.2) is 0 Å². The van der Waals surface area contributed by atoms with Crippen LogP contribution in [0.3, 0.4) is 0 Å². The Morgan fingerprint density at radius 1 is 1.19 bits per heavy atom. The Labute approximate surface area is 109 Å². The van der Waals surface area contributed by atoms with Crippen LogP contribution < -0.4 is 0 Å². The molecule has 0 bridgehead atoms. The summed E-state index contributed by atoms with van der Waals surface area (Å²) in [7, 11) is 0. The summed E-state index contributed by atoms with van der Waals surface area (Å²) in [6.07, 6.45) is 9.23. The first kappa shape index (κ1) is 13.5. The third kappa shape index (κ3) is 1.76. The Balaban J connectivity index is 0.00000128. The van der Waals surface area contributed by atoms with Crippen molar-refractivity contribution in [3.05, 3.63) is 46.1 Å². The molecule has 2 rings (SSSR count). The zero-order chi connectivity index (χ0) is 11.2. The SMILES string of the molecule is CC1=[C-]C(C)(C2=C(C)C=CC2)C(C)=C1C.[Co]. The summed E-state index contributed by atoms with van der Waals surface area (Å²) in [6.45, 7) is 11.1.